The molecule has 1 aromatic heterocycles. The van der Waals surface area contributed by atoms with Gasteiger partial charge in [-0.05, 0) is 55.8 Å². The fourth-order valence-electron chi connectivity index (χ4n) is 4.43. The largest absolute Gasteiger partial charge is 0.497 e. The first-order valence-electron chi connectivity index (χ1n) is 12.1. The lowest BCUT2D eigenvalue weighted by molar-refractivity contribution is -0.139. The van der Waals surface area contributed by atoms with Gasteiger partial charge in [0.05, 0.1) is 43.7 Å². The molecule has 38 heavy (non-hydrogen) atoms. The van der Waals surface area contributed by atoms with Crippen LogP contribution in [0.3, 0.4) is 0 Å². The number of thiazole rings is 1. The molecule has 4 rings (SSSR count). The molecule has 2 aromatic carbocycles. The summed E-state index contributed by atoms with van der Waals surface area (Å²) in [6.07, 6.45) is 3.07. The molecular weight excluding hydrogens is 572 g/mol. The summed E-state index contributed by atoms with van der Waals surface area (Å²) in [5.41, 5.74) is 1.99. The lowest BCUT2D eigenvalue weighted by Gasteiger charge is -2.27. The number of aromatic nitrogens is 1. The number of halogens is 1. The van der Waals surface area contributed by atoms with Gasteiger partial charge in [-0.25, -0.2) is 9.79 Å². The number of fused-ring (bicyclic) bond motifs is 1. The maximum atomic E-state index is 14.0. The third kappa shape index (κ3) is 5.28. The van der Waals surface area contributed by atoms with Crippen LogP contribution in [0.15, 0.2) is 61.9 Å². The van der Waals surface area contributed by atoms with Crippen molar-refractivity contribution < 1.29 is 23.7 Å². The lowest BCUT2D eigenvalue weighted by atomic mass is 9.93. The molecule has 0 saturated heterocycles. The smallest absolute Gasteiger partial charge is 0.338 e. The van der Waals surface area contributed by atoms with E-state index in [4.69, 9.17) is 23.9 Å². The molecular formula is C28H29BrN2O6S. The minimum absolute atomic E-state index is 0.199. The van der Waals surface area contributed by atoms with Crippen LogP contribution < -0.4 is 29.1 Å². The lowest BCUT2D eigenvalue weighted by Crippen LogP contribution is -2.40. The third-order valence-electron chi connectivity index (χ3n) is 6.10. The molecule has 0 aliphatic carbocycles. The zero-order valence-electron chi connectivity index (χ0n) is 21.9. The maximum absolute atomic E-state index is 14.0. The van der Waals surface area contributed by atoms with Crippen molar-refractivity contribution in [3.63, 3.8) is 0 Å². The highest BCUT2D eigenvalue weighted by molar-refractivity contribution is 9.10. The van der Waals surface area contributed by atoms with Crippen molar-refractivity contribution >= 4 is 39.3 Å². The predicted molar refractivity (Wildman–Crippen MR) is 150 cm³/mol. The van der Waals surface area contributed by atoms with Gasteiger partial charge >= 0.3 is 5.97 Å². The van der Waals surface area contributed by atoms with Gasteiger partial charge < -0.3 is 18.9 Å². The van der Waals surface area contributed by atoms with Crippen LogP contribution in [0, 0.1) is 0 Å². The van der Waals surface area contributed by atoms with Crippen LogP contribution in [0.1, 0.15) is 43.9 Å². The molecule has 0 radical (unpaired) electrons. The Balaban J connectivity index is 2.06. The number of rotatable bonds is 9. The zero-order chi connectivity index (χ0) is 27.4. The van der Waals surface area contributed by atoms with E-state index in [0.29, 0.717) is 55.4 Å². The highest BCUT2D eigenvalue weighted by Gasteiger charge is 2.36. The van der Waals surface area contributed by atoms with Gasteiger partial charge in [-0.3, -0.25) is 9.36 Å². The fraction of sp³-hybridized carbons (Fsp3) is 0.321. The highest BCUT2D eigenvalue weighted by atomic mass is 79.9. The van der Waals surface area contributed by atoms with Crippen LogP contribution in [0.4, 0.5) is 0 Å². The van der Waals surface area contributed by atoms with Crippen molar-refractivity contribution in [2.75, 3.05) is 27.9 Å². The number of methoxy groups -OCH3 is 3. The second-order valence-electron chi connectivity index (χ2n) is 8.41. The fourth-order valence-corrected chi connectivity index (χ4v) is 5.82. The molecule has 2 heterocycles. The van der Waals surface area contributed by atoms with Crippen molar-refractivity contribution in [3.8, 4) is 17.2 Å². The Morgan fingerprint density at radius 1 is 1.08 bits per heavy atom. The Bertz CT molecular complexity index is 1570. The van der Waals surface area contributed by atoms with E-state index in [0.717, 1.165) is 10.9 Å². The molecule has 10 heteroatoms. The molecule has 8 nitrogen and oxygen atoms in total. The summed E-state index contributed by atoms with van der Waals surface area (Å²) in [6, 6.07) is 10.1. The van der Waals surface area contributed by atoms with E-state index in [2.05, 4.69) is 15.9 Å². The van der Waals surface area contributed by atoms with Crippen LogP contribution in [0.5, 0.6) is 17.2 Å². The first kappa shape index (κ1) is 27.7. The number of carbonyl (C=O) groups is 1. The standard InChI is InChI=1S/C28H29BrN2O6S/c1-6-8-20-24(27(33)37-7-2)25(19-15-17(29)9-11-22(19)36-5)31-26(32)23(38-28(31)30-20)14-16-13-18(34-3)10-12-21(16)35-4/h9-15,25H,6-8H2,1-5H3/b23-14+/t25-/m1/s1. The molecule has 0 unspecified atom stereocenters. The molecule has 0 amide bonds. The number of ether oxygens (including phenoxy) is 4. The Kier molecular flexibility index (Phi) is 8.73. The first-order chi connectivity index (χ1) is 18.4. The number of allylic oxidation sites excluding steroid dienone is 1. The molecule has 0 spiro atoms. The minimum atomic E-state index is -0.784. The Morgan fingerprint density at radius 2 is 1.82 bits per heavy atom. The van der Waals surface area contributed by atoms with Crippen molar-refractivity contribution in [3.05, 3.63) is 83.0 Å². The summed E-state index contributed by atoms with van der Waals surface area (Å²) in [7, 11) is 4.71. The van der Waals surface area contributed by atoms with Crippen LogP contribution in [0.25, 0.3) is 6.08 Å². The highest BCUT2D eigenvalue weighted by Crippen LogP contribution is 2.38. The first-order valence-corrected chi connectivity index (χ1v) is 13.7. The van der Waals surface area contributed by atoms with Gasteiger partial charge in [0.15, 0.2) is 4.80 Å². The summed E-state index contributed by atoms with van der Waals surface area (Å²) in [5.74, 6) is 1.27. The van der Waals surface area contributed by atoms with Crippen LogP contribution in [-0.4, -0.2) is 38.5 Å². The van der Waals surface area contributed by atoms with Crippen LogP contribution in [-0.2, 0) is 9.53 Å². The Labute approximate surface area is 233 Å². The Hall–Kier alpha value is -3.37. The summed E-state index contributed by atoms with van der Waals surface area (Å²) in [4.78, 5) is 32.7. The van der Waals surface area contributed by atoms with Gasteiger partial charge in [0.25, 0.3) is 5.56 Å². The second kappa shape index (κ2) is 12.0. The van der Waals surface area contributed by atoms with Crippen LogP contribution in [0.2, 0.25) is 0 Å². The van der Waals surface area contributed by atoms with E-state index in [9.17, 15) is 9.59 Å². The average Bonchev–Trinajstić information content (AvgIpc) is 3.22. The number of esters is 1. The number of hydrogen-bond acceptors (Lipinski definition) is 8. The minimum Gasteiger partial charge on any atom is -0.497 e. The Morgan fingerprint density at radius 3 is 2.47 bits per heavy atom. The number of carbonyl (C=O) groups excluding carboxylic acids is 1. The molecule has 1 aliphatic rings. The molecule has 0 N–H and O–H groups in total. The number of benzene rings is 2. The molecule has 3 aromatic rings. The van der Waals surface area contributed by atoms with Crippen molar-refractivity contribution in [1.29, 1.82) is 0 Å². The molecule has 1 aliphatic heterocycles. The van der Waals surface area contributed by atoms with Crippen molar-refractivity contribution in [2.24, 2.45) is 4.99 Å². The monoisotopic (exact) mass is 600 g/mol. The topological polar surface area (TPSA) is 88.4 Å². The van der Waals surface area contributed by atoms with Gasteiger partial charge in [0.1, 0.15) is 23.3 Å². The molecule has 0 bridgehead atoms. The van der Waals surface area contributed by atoms with Crippen molar-refractivity contribution in [2.45, 2.75) is 32.7 Å². The summed E-state index contributed by atoms with van der Waals surface area (Å²) < 4.78 is 24.8. The van der Waals surface area contributed by atoms with E-state index in [1.54, 1.807) is 63.2 Å². The molecule has 200 valence electrons. The van der Waals surface area contributed by atoms with Gasteiger partial charge in [0, 0.05) is 15.6 Å². The molecule has 1 atom stereocenters. The average molecular weight is 602 g/mol. The van der Waals surface area contributed by atoms with Gasteiger partial charge in [-0.15, -0.1) is 0 Å². The van der Waals surface area contributed by atoms with Gasteiger partial charge in [-0.1, -0.05) is 40.6 Å². The van der Waals surface area contributed by atoms with E-state index in [1.807, 2.05) is 19.1 Å². The van der Waals surface area contributed by atoms with E-state index in [1.165, 1.54) is 11.3 Å². The molecule has 0 saturated carbocycles. The predicted octanol–water partition coefficient (Wildman–Crippen LogP) is 4.37. The van der Waals surface area contributed by atoms with E-state index < -0.39 is 12.0 Å². The van der Waals surface area contributed by atoms with Gasteiger partial charge in [0.2, 0.25) is 0 Å². The van der Waals surface area contributed by atoms with Gasteiger partial charge in [-0.2, -0.15) is 0 Å². The van der Waals surface area contributed by atoms with Crippen molar-refractivity contribution in [1.82, 2.24) is 4.57 Å². The normalized spacial score (nSPS) is 15.1. The number of hydrogen-bond donors (Lipinski definition) is 0. The SMILES string of the molecule is CCCC1=C(C(=O)OCC)[C@@H](c2cc(Br)ccc2OC)n2c(s/c(=C/c3cc(OC)ccc3OC)c2=O)=N1. The maximum Gasteiger partial charge on any atom is 0.338 e. The van der Waals surface area contributed by atoms with Crippen LogP contribution >= 0.6 is 27.3 Å². The number of nitrogens with zero attached hydrogens (tertiary/aromatic N) is 2. The van der Waals surface area contributed by atoms with E-state index >= 15 is 0 Å². The summed E-state index contributed by atoms with van der Waals surface area (Å²) >= 11 is 4.79. The zero-order valence-corrected chi connectivity index (χ0v) is 24.3. The third-order valence-corrected chi connectivity index (χ3v) is 7.58. The molecule has 0 fully saturated rings. The summed E-state index contributed by atoms with van der Waals surface area (Å²) in [5, 5.41) is 0. The summed E-state index contributed by atoms with van der Waals surface area (Å²) in [6.45, 7) is 3.97. The van der Waals surface area contributed by atoms with E-state index in [-0.39, 0.29) is 12.2 Å². The quantitative estimate of drug-likeness (QED) is 0.339. The second-order valence-corrected chi connectivity index (χ2v) is 10.3.